The summed E-state index contributed by atoms with van der Waals surface area (Å²) in [5.41, 5.74) is 0.853. The minimum absolute atomic E-state index is 0.478. The molecule has 0 aliphatic carbocycles. The van der Waals surface area contributed by atoms with Crippen molar-refractivity contribution in [1.82, 2.24) is 0 Å². The third-order valence-corrected chi connectivity index (χ3v) is 1.98. The number of carbonyl (C=O) groups is 2. The maximum atomic E-state index is 11.5. The predicted octanol–water partition coefficient (Wildman–Crippen LogP) is 1.85. The van der Waals surface area contributed by atoms with E-state index in [1.165, 1.54) is 13.8 Å². The first-order valence-electron chi connectivity index (χ1n) is 4.95. The fourth-order valence-electron chi connectivity index (χ4n) is 1.16. The predicted molar refractivity (Wildman–Crippen MR) is 58.0 cm³/mol. The highest BCUT2D eigenvalue weighted by Crippen LogP contribution is 2.17. The number of carbonyl (C=O) groups excluding carboxylic acids is 2. The van der Waals surface area contributed by atoms with Gasteiger partial charge in [0.2, 0.25) is 0 Å². The van der Waals surface area contributed by atoms with Crippen molar-refractivity contribution in [3.8, 4) is 5.75 Å². The Morgan fingerprint density at radius 2 is 1.88 bits per heavy atom. The summed E-state index contributed by atoms with van der Waals surface area (Å²) >= 11 is 0. The summed E-state index contributed by atoms with van der Waals surface area (Å²) in [5.74, 6) is -0.606. The highest BCUT2D eigenvalue weighted by Gasteiger charge is 2.18. The van der Waals surface area contributed by atoms with Crippen LogP contribution < -0.4 is 4.74 Å². The Bertz CT molecular complexity index is 398. The van der Waals surface area contributed by atoms with Crippen molar-refractivity contribution in [3.05, 3.63) is 29.8 Å². The average Bonchev–Trinajstić information content (AvgIpc) is 2.20. The van der Waals surface area contributed by atoms with Crippen LogP contribution in [0, 0.1) is 6.92 Å². The largest absolute Gasteiger partial charge is 0.451 e. The van der Waals surface area contributed by atoms with E-state index in [0.29, 0.717) is 5.75 Å². The number of ether oxygens (including phenoxy) is 2. The van der Waals surface area contributed by atoms with Crippen molar-refractivity contribution in [2.24, 2.45) is 0 Å². The lowest BCUT2D eigenvalue weighted by Crippen LogP contribution is -2.27. The van der Waals surface area contributed by atoms with Crippen LogP contribution in [-0.4, -0.2) is 18.0 Å². The van der Waals surface area contributed by atoms with Gasteiger partial charge in [-0.3, -0.25) is 4.79 Å². The summed E-state index contributed by atoms with van der Waals surface area (Å²) in [6, 6.07) is 7.14. The van der Waals surface area contributed by atoms with Gasteiger partial charge in [0.25, 0.3) is 0 Å². The lowest BCUT2D eigenvalue weighted by atomic mass is 10.2. The van der Waals surface area contributed by atoms with Crippen LogP contribution in [0.4, 0.5) is 0 Å². The molecule has 0 N–H and O–H groups in total. The Kier molecular flexibility index (Phi) is 4.05. The number of rotatable bonds is 3. The van der Waals surface area contributed by atoms with Gasteiger partial charge in [0.05, 0.1) is 0 Å². The van der Waals surface area contributed by atoms with Gasteiger partial charge in [-0.2, -0.15) is 0 Å². The fourth-order valence-corrected chi connectivity index (χ4v) is 1.16. The average molecular weight is 222 g/mol. The van der Waals surface area contributed by atoms with Gasteiger partial charge in [-0.25, -0.2) is 4.79 Å². The Hall–Kier alpha value is -1.84. The van der Waals surface area contributed by atoms with Gasteiger partial charge in [-0.15, -0.1) is 0 Å². The van der Waals surface area contributed by atoms with E-state index in [4.69, 9.17) is 9.47 Å². The maximum Gasteiger partial charge on any atom is 0.352 e. The van der Waals surface area contributed by atoms with Crippen LogP contribution in [0.5, 0.6) is 5.75 Å². The Morgan fingerprint density at radius 3 is 2.44 bits per heavy atom. The molecule has 0 heterocycles. The SMILES string of the molecule is CC(=O)OC(C)C(=O)Oc1ccccc1C. The van der Waals surface area contributed by atoms with E-state index < -0.39 is 18.0 Å². The van der Waals surface area contributed by atoms with Gasteiger partial charge in [0.1, 0.15) is 5.75 Å². The van der Waals surface area contributed by atoms with E-state index in [1.807, 2.05) is 19.1 Å². The molecule has 4 nitrogen and oxygen atoms in total. The molecule has 16 heavy (non-hydrogen) atoms. The molecule has 1 atom stereocenters. The van der Waals surface area contributed by atoms with Gasteiger partial charge in [-0.1, -0.05) is 18.2 Å². The van der Waals surface area contributed by atoms with Gasteiger partial charge in [-0.05, 0) is 25.5 Å². The molecule has 1 unspecified atom stereocenters. The van der Waals surface area contributed by atoms with Crippen molar-refractivity contribution in [2.75, 3.05) is 0 Å². The Balaban J connectivity index is 2.64. The third-order valence-electron chi connectivity index (χ3n) is 1.98. The molecule has 0 saturated carbocycles. The molecule has 0 aliphatic heterocycles. The summed E-state index contributed by atoms with van der Waals surface area (Å²) in [6.45, 7) is 4.55. The van der Waals surface area contributed by atoms with Crippen LogP contribution in [0.2, 0.25) is 0 Å². The number of aryl methyl sites for hydroxylation is 1. The van der Waals surface area contributed by atoms with Crippen LogP contribution >= 0.6 is 0 Å². The van der Waals surface area contributed by atoms with E-state index >= 15 is 0 Å². The second-order valence-electron chi connectivity index (χ2n) is 3.44. The summed E-state index contributed by atoms with van der Waals surface area (Å²) in [7, 11) is 0. The molecule has 0 bridgehead atoms. The van der Waals surface area contributed by atoms with E-state index in [-0.39, 0.29) is 0 Å². The zero-order valence-corrected chi connectivity index (χ0v) is 9.52. The molecule has 0 radical (unpaired) electrons. The summed E-state index contributed by atoms with van der Waals surface area (Å²) in [4.78, 5) is 22.1. The first-order valence-corrected chi connectivity index (χ1v) is 4.95. The van der Waals surface area contributed by atoms with Gasteiger partial charge >= 0.3 is 11.9 Å². The van der Waals surface area contributed by atoms with Crippen molar-refractivity contribution < 1.29 is 19.1 Å². The second kappa shape index (κ2) is 5.30. The number of benzene rings is 1. The molecular formula is C12H14O4. The lowest BCUT2D eigenvalue weighted by molar-refractivity contribution is -0.159. The lowest BCUT2D eigenvalue weighted by Gasteiger charge is -2.12. The van der Waals surface area contributed by atoms with E-state index in [1.54, 1.807) is 12.1 Å². The topological polar surface area (TPSA) is 52.6 Å². The van der Waals surface area contributed by atoms with Crippen LogP contribution in [0.3, 0.4) is 0 Å². The summed E-state index contributed by atoms with van der Waals surface area (Å²) in [6.07, 6.45) is -0.892. The zero-order valence-electron chi connectivity index (χ0n) is 9.52. The first-order chi connectivity index (χ1) is 7.50. The maximum absolute atomic E-state index is 11.5. The molecular weight excluding hydrogens is 208 g/mol. The molecule has 0 aliphatic rings. The third kappa shape index (κ3) is 3.38. The van der Waals surface area contributed by atoms with Crippen molar-refractivity contribution in [3.63, 3.8) is 0 Å². The molecule has 1 aromatic carbocycles. The monoisotopic (exact) mass is 222 g/mol. The highest BCUT2D eigenvalue weighted by atomic mass is 16.6. The van der Waals surface area contributed by atoms with Crippen LogP contribution in [0.25, 0.3) is 0 Å². The van der Waals surface area contributed by atoms with Gasteiger partial charge < -0.3 is 9.47 Å². The molecule has 0 aromatic heterocycles. The molecule has 1 aromatic rings. The fraction of sp³-hybridized carbons (Fsp3) is 0.333. The minimum Gasteiger partial charge on any atom is -0.451 e. The summed E-state index contributed by atoms with van der Waals surface area (Å²) < 4.78 is 9.80. The molecule has 0 fully saturated rings. The van der Waals surface area contributed by atoms with Crippen molar-refractivity contribution in [1.29, 1.82) is 0 Å². The quantitative estimate of drug-likeness (QED) is 0.578. The Labute approximate surface area is 94.2 Å². The van der Waals surface area contributed by atoms with Crippen molar-refractivity contribution in [2.45, 2.75) is 26.9 Å². The van der Waals surface area contributed by atoms with Gasteiger partial charge in [0, 0.05) is 6.92 Å². The van der Waals surface area contributed by atoms with E-state index in [0.717, 1.165) is 5.56 Å². The van der Waals surface area contributed by atoms with Crippen molar-refractivity contribution >= 4 is 11.9 Å². The highest BCUT2D eigenvalue weighted by molar-refractivity contribution is 5.80. The minimum atomic E-state index is -0.892. The normalized spacial score (nSPS) is 11.7. The molecule has 86 valence electrons. The molecule has 0 spiro atoms. The van der Waals surface area contributed by atoms with Crippen LogP contribution in [0.15, 0.2) is 24.3 Å². The zero-order chi connectivity index (χ0) is 12.1. The second-order valence-corrected chi connectivity index (χ2v) is 3.44. The molecule has 4 heteroatoms. The first kappa shape index (κ1) is 12.2. The van der Waals surface area contributed by atoms with Crippen LogP contribution in [0.1, 0.15) is 19.4 Å². The van der Waals surface area contributed by atoms with Gasteiger partial charge in [0.15, 0.2) is 6.10 Å². The van der Waals surface area contributed by atoms with Crippen LogP contribution in [-0.2, 0) is 14.3 Å². The standard InChI is InChI=1S/C12H14O4/c1-8-6-4-5-7-11(8)16-12(14)9(2)15-10(3)13/h4-7,9H,1-3H3. The number of esters is 2. The molecule has 0 amide bonds. The number of hydrogen-bond acceptors (Lipinski definition) is 4. The summed E-state index contributed by atoms with van der Waals surface area (Å²) in [5, 5.41) is 0. The Morgan fingerprint density at radius 1 is 1.25 bits per heavy atom. The van der Waals surface area contributed by atoms with E-state index in [9.17, 15) is 9.59 Å². The molecule has 0 saturated heterocycles. The number of hydrogen-bond donors (Lipinski definition) is 0. The number of para-hydroxylation sites is 1. The van der Waals surface area contributed by atoms with E-state index in [2.05, 4.69) is 0 Å². The smallest absolute Gasteiger partial charge is 0.352 e. The molecule has 1 rings (SSSR count).